The molecule has 1 heterocycles. The lowest BCUT2D eigenvalue weighted by atomic mass is 9.94. The molecule has 1 atom stereocenters. The maximum atomic E-state index is 13.4. The first-order valence-corrected chi connectivity index (χ1v) is 10.6. The van der Waals surface area contributed by atoms with Crippen LogP contribution in [0.5, 0.6) is 0 Å². The van der Waals surface area contributed by atoms with Gasteiger partial charge >= 0.3 is 6.18 Å². The Labute approximate surface area is 198 Å². The average molecular weight is 480 g/mol. The van der Waals surface area contributed by atoms with Gasteiger partial charge in [0.1, 0.15) is 0 Å². The first-order chi connectivity index (χ1) is 16.7. The second-order valence-electron chi connectivity index (χ2n) is 7.83. The number of nitrogens with zero attached hydrogens (tertiary/aromatic N) is 2. The summed E-state index contributed by atoms with van der Waals surface area (Å²) in [4.78, 5) is 25.2. The van der Waals surface area contributed by atoms with E-state index in [9.17, 15) is 33.2 Å². The highest BCUT2D eigenvalue weighted by Gasteiger charge is 2.44. The van der Waals surface area contributed by atoms with E-state index in [0.29, 0.717) is 0 Å². The predicted molar refractivity (Wildman–Crippen MR) is 125 cm³/mol. The number of hydrogen-bond donors (Lipinski definition) is 1. The van der Waals surface area contributed by atoms with E-state index in [4.69, 9.17) is 0 Å². The second kappa shape index (κ2) is 9.46. The van der Waals surface area contributed by atoms with Crippen molar-refractivity contribution in [3.05, 3.63) is 123 Å². The molecule has 35 heavy (non-hydrogen) atoms. The highest BCUT2D eigenvalue weighted by atomic mass is 19.4. The van der Waals surface area contributed by atoms with Crippen LogP contribution in [0.3, 0.4) is 0 Å². The molecule has 1 amide bonds. The smallest absolute Gasteiger partial charge is 0.416 e. The number of aliphatic hydroxyl groups excluding tert-OH is 1. The molecule has 1 aliphatic rings. The topological polar surface area (TPSA) is 83.7 Å². The van der Waals surface area contributed by atoms with Crippen molar-refractivity contribution >= 4 is 23.4 Å². The number of rotatable bonds is 6. The molecule has 1 aliphatic heterocycles. The molecule has 9 heteroatoms. The van der Waals surface area contributed by atoms with Gasteiger partial charge < -0.3 is 5.11 Å². The Balaban J connectivity index is 1.82. The third kappa shape index (κ3) is 4.79. The second-order valence-corrected chi connectivity index (χ2v) is 7.83. The van der Waals surface area contributed by atoms with Gasteiger partial charge in [0.25, 0.3) is 11.6 Å². The number of allylic oxidation sites excluding steroid dienone is 1. The molecule has 3 aromatic carbocycles. The SMILES string of the molecule is O=C1C(O)=C(CC=Cc2ccccc2)C(c2ccccc2[N+](=O)[O-])N1c1cccc(C(F)(F)F)c1. The molecule has 0 spiro atoms. The van der Waals surface area contributed by atoms with Gasteiger partial charge in [0, 0.05) is 17.3 Å². The summed E-state index contributed by atoms with van der Waals surface area (Å²) < 4.78 is 40.1. The van der Waals surface area contributed by atoms with Crippen LogP contribution < -0.4 is 4.90 Å². The minimum Gasteiger partial charge on any atom is -0.503 e. The lowest BCUT2D eigenvalue weighted by Crippen LogP contribution is -2.31. The third-order valence-corrected chi connectivity index (χ3v) is 5.64. The molecule has 0 aromatic heterocycles. The number of anilines is 1. The van der Waals surface area contributed by atoms with Crippen LogP contribution >= 0.6 is 0 Å². The number of amides is 1. The number of carbonyl (C=O) groups is 1. The van der Waals surface area contributed by atoms with E-state index in [2.05, 4.69) is 0 Å². The minimum absolute atomic E-state index is 0.0403. The Morgan fingerprint density at radius 3 is 2.37 bits per heavy atom. The molecule has 0 fully saturated rings. The molecule has 1 unspecified atom stereocenters. The van der Waals surface area contributed by atoms with E-state index in [0.717, 1.165) is 28.7 Å². The van der Waals surface area contributed by atoms with Crippen molar-refractivity contribution in [1.29, 1.82) is 0 Å². The third-order valence-electron chi connectivity index (χ3n) is 5.64. The van der Waals surface area contributed by atoms with Gasteiger partial charge in [-0.3, -0.25) is 19.8 Å². The number of halogens is 3. The number of alkyl halides is 3. The number of nitro groups is 1. The number of aliphatic hydroxyl groups is 1. The molecule has 0 bridgehead atoms. The predicted octanol–water partition coefficient (Wildman–Crippen LogP) is 6.62. The van der Waals surface area contributed by atoms with E-state index < -0.39 is 34.4 Å². The number of carbonyl (C=O) groups excluding carboxylic acids is 1. The number of nitro benzene ring substituents is 1. The molecule has 0 saturated heterocycles. The van der Waals surface area contributed by atoms with Gasteiger partial charge in [-0.15, -0.1) is 0 Å². The molecule has 0 saturated carbocycles. The van der Waals surface area contributed by atoms with E-state index in [-0.39, 0.29) is 28.9 Å². The summed E-state index contributed by atoms with van der Waals surface area (Å²) in [6, 6.07) is 17.8. The van der Waals surface area contributed by atoms with Gasteiger partial charge in [-0.1, -0.05) is 60.7 Å². The van der Waals surface area contributed by atoms with Crippen molar-refractivity contribution in [3.8, 4) is 0 Å². The van der Waals surface area contributed by atoms with E-state index in [1.54, 1.807) is 12.2 Å². The summed E-state index contributed by atoms with van der Waals surface area (Å²) in [6.45, 7) is 0. The van der Waals surface area contributed by atoms with Crippen molar-refractivity contribution in [2.45, 2.75) is 18.6 Å². The number of para-hydroxylation sites is 1. The van der Waals surface area contributed by atoms with Crippen molar-refractivity contribution in [2.75, 3.05) is 4.90 Å². The molecule has 1 N–H and O–H groups in total. The summed E-state index contributed by atoms with van der Waals surface area (Å²) >= 11 is 0. The van der Waals surface area contributed by atoms with Gasteiger partial charge in [-0.05, 0) is 36.2 Å². The fraction of sp³-hybridized carbons (Fsp3) is 0.115. The summed E-state index contributed by atoms with van der Waals surface area (Å²) in [7, 11) is 0. The fourth-order valence-electron chi connectivity index (χ4n) is 4.06. The first-order valence-electron chi connectivity index (χ1n) is 10.6. The Bertz CT molecular complexity index is 1330. The van der Waals surface area contributed by atoms with E-state index in [1.807, 2.05) is 30.3 Å². The standard InChI is InChI=1S/C26H19F3N2O4/c27-26(28,29)18-11-7-12-19(16-18)30-23(20-13-4-5-15-22(20)31(34)35)21(24(32)25(30)33)14-6-10-17-8-2-1-3-9-17/h1-13,15-16,23,32H,14H2. The van der Waals surface area contributed by atoms with Crippen LogP contribution in [-0.2, 0) is 11.0 Å². The minimum atomic E-state index is -4.66. The molecule has 3 aromatic rings. The summed E-state index contributed by atoms with van der Waals surface area (Å²) in [5.41, 5.74) is -0.359. The normalized spacial score (nSPS) is 16.4. The lowest BCUT2D eigenvalue weighted by Gasteiger charge is -2.27. The van der Waals surface area contributed by atoms with Gasteiger partial charge in [0.2, 0.25) is 0 Å². The van der Waals surface area contributed by atoms with Crippen LogP contribution in [0.1, 0.15) is 29.2 Å². The van der Waals surface area contributed by atoms with Crippen LogP contribution in [0.2, 0.25) is 0 Å². The molecule has 6 nitrogen and oxygen atoms in total. The van der Waals surface area contributed by atoms with Gasteiger partial charge in [-0.2, -0.15) is 13.2 Å². The maximum Gasteiger partial charge on any atom is 0.416 e. The van der Waals surface area contributed by atoms with Crippen LogP contribution in [0, 0.1) is 10.1 Å². The molecular formula is C26H19F3N2O4. The zero-order valence-electron chi connectivity index (χ0n) is 18.1. The maximum absolute atomic E-state index is 13.4. The highest BCUT2D eigenvalue weighted by molar-refractivity contribution is 6.09. The van der Waals surface area contributed by atoms with Crippen LogP contribution in [-0.4, -0.2) is 15.9 Å². The Morgan fingerprint density at radius 1 is 1.00 bits per heavy atom. The van der Waals surface area contributed by atoms with Crippen molar-refractivity contribution in [3.63, 3.8) is 0 Å². The number of benzene rings is 3. The summed E-state index contributed by atoms with van der Waals surface area (Å²) in [5.74, 6) is -1.58. The lowest BCUT2D eigenvalue weighted by molar-refractivity contribution is -0.385. The van der Waals surface area contributed by atoms with E-state index in [1.165, 1.54) is 30.3 Å². The Hall–Kier alpha value is -4.40. The fourth-order valence-corrected chi connectivity index (χ4v) is 4.06. The van der Waals surface area contributed by atoms with Crippen molar-refractivity contribution in [2.24, 2.45) is 0 Å². The Kier molecular flexibility index (Phi) is 6.42. The quantitative estimate of drug-likeness (QED) is 0.318. The van der Waals surface area contributed by atoms with Gasteiger partial charge in [-0.25, -0.2) is 0 Å². The monoisotopic (exact) mass is 480 g/mol. The van der Waals surface area contributed by atoms with Crippen LogP contribution in [0.25, 0.3) is 6.08 Å². The van der Waals surface area contributed by atoms with E-state index >= 15 is 0 Å². The van der Waals surface area contributed by atoms with Gasteiger partial charge in [0.05, 0.1) is 22.1 Å². The summed E-state index contributed by atoms with van der Waals surface area (Å²) in [5, 5.41) is 22.5. The average Bonchev–Trinajstić information content (AvgIpc) is 3.09. The molecule has 0 aliphatic carbocycles. The van der Waals surface area contributed by atoms with Crippen molar-refractivity contribution < 1.29 is 28.0 Å². The molecule has 4 rings (SSSR count). The zero-order chi connectivity index (χ0) is 25.2. The van der Waals surface area contributed by atoms with Crippen LogP contribution in [0.4, 0.5) is 24.5 Å². The zero-order valence-corrected chi connectivity index (χ0v) is 18.1. The number of hydrogen-bond acceptors (Lipinski definition) is 4. The van der Waals surface area contributed by atoms with Crippen LogP contribution in [0.15, 0.2) is 96.3 Å². The first kappa shape index (κ1) is 23.7. The summed E-state index contributed by atoms with van der Waals surface area (Å²) in [6.07, 6.45) is -1.18. The largest absolute Gasteiger partial charge is 0.503 e. The molecule has 0 radical (unpaired) electrons. The van der Waals surface area contributed by atoms with Crippen molar-refractivity contribution in [1.82, 2.24) is 0 Å². The van der Waals surface area contributed by atoms with Gasteiger partial charge in [0.15, 0.2) is 5.76 Å². The molecular weight excluding hydrogens is 461 g/mol. The molecule has 178 valence electrons. The Morgan fingerprint density at radius 2 is 1.69 bits per heavy atom. The highest BCUT2D eigenvalue weighted by Crippen LogP contribution is 2.45.